The summed E-state index contributed by atoms with van der Waals surface area (Å²) in [5, 5.41) is 1.97. The van der Waals surface area contributed by atoms with Gasteiger partial charge >= 0.3 is 5.69 Å². The van der Waals surface area contributed by atoms with Crippen molar-refractivity contribution in [3.63, 3.8) is 0 Å². The van der Waals surface area contributed by atoms with E-state index in [2.05, 4.69) is 0 Å². The summed E-state index contributed by atoms with van der Waals surface area (Å²) in [6.45, 7) is 2.26. The highest BCUT2D eigenvalue weighted by atomic mass is 32.2. The highest BCUT2D eigenvalue weighted by molar-refractivity contribution is 7.89. The summed E-state index contributed by atoms with van der Waals surface area (Å²) in [6.07, 6.45) is 2.37. The van der Waals surface area contributed by atoms with Gasteiger partial charge in [0.1, 0.15) is 0 Å². The van der Waals surface area contributed by atoms with Gasteiger partial charge in [0.25, 0.3) is 15.6 Å². The molecule has 2 aromatic heterocycles. The van der Waals surface area contributed by atoms with Gasteiger partial charge in [-0.1, -0.05) is 6.92 Å². The number of nitrogens with zero attached hydrogens (tertiary/aromatic N) is 3. The number of thiophene rings is 1. The first kappa shape index (κ1) is 17.1. The Kier molecular flexibility index (Phi) is 4.27. The Morgan fingerprint density at radius 1 is 1.29 bits per heavy atom. The Morgan fingerprint density at radius 3 is 2.67 bits per heavy atom. The largest absolute Gasteiger partial charge is 0.330 e. The van der Waals surface area contributed by atoms with Gasteiger partial charge in [-0.15, -0.1) is 11.3 Å². The second kappa shape index (κ2) is 5.98. The molecule has 130 valence electrons. The summed E-state index contributed by atoms with van der Waals surface area (Å²) < 4.78 is 29.6. The molecule has 0 aromatic carbocycles. The van der Waals surface area contributed by atoms with Crippen LogP contribution < -0.4 is 11.2 Å². The molecule has 0 fully saturated rings. The van der Waals surface area contributed by atoms with Crippen molar-refractivity contribution >= 4 is 21.4 Å². The molecule has 2 aromatic rings. The molecule has 0 aliphatic carbocycles. The third-order valence-electron chi connectivity index (χ3n) is 4.43. The Bertz CT molecular complexity index is 1000. The van der Waals surface area contributed by atoms with Crippen LogP contribution in [0.3, 0.4) is 0 Å². The van der Waals surface area contributed by atoms with E-state index in [0.29, 0.717) is 19.4 Å². The van der Waals surface area contributed by atoms with Crippen LogP contribution in [0, 0.1) is 0 Å². The van der Waals surface area contributed by atoms with Crippen LogP contribution in [-0.2, 0) is 30.5 Å². The minimum atomic E-state index is -3.99. The molecule has 0 saturated carbocycles. The molecule has 0 bridgehead atoms. The second-order valence-electron chi connectivity index (χ2n) is 5.84. The minimum absolute atomic E-state index is 0.285. The number of fused-ring (bicyclic) bond motifs is 1. The minimum Gasteiger partial charge on any atom is -0.302 e. The van der Waals surface area contributed by atoms with Gasteiger partial charge in [0.2, 0.25) is 0 Å². The molecule has 0 N–H and O–H groups in total. The van der Waals surface area contributed by atoms with Crippen LogP contribution in [0.2, 0.25) is 0 Å². The van der Waals surface area contributed by atoms with Crippen molar-refractivity contribution in [2.24, 2.45) is 14.1 Å². The second-order valence-corrected chi connectivity index (χ2v) is 8.70. The molecule has 0 unspecified atom stereocenters. The third-order valence-corrected chi connectivity index (χ3v) is 7.32. The summed E-state index contributed by atoms with van der Waals surface area (Å²) in [5.41, 5.74) is -0.326. The lowest BCUT2D eigenvalue weighted by molar-refractivity contribution is 0.302. The lowest BCUT2D eigenvalue weighted by Crippen LogP contribution is -2.45. The van der Waals surface area contributed by atoms with Crippen molar-refractivity contribution < 1.29 is 8.42 Å². The van der Waals surface area contributed by atoms with Crippen molar-refractivity contribution in [1.82, 2.24) is 13.4 Å². The zero-order valence-electron chi connectivity index (χ0n) is 13.7. The number of hydrogen-bond acceptors (Lipinski definition) is 5. The fourth-order valence-corrected chi connectivity index (χ4v) is 5.92. The van der Waals surface area contributed by atoms with Gasteiger partial charge in [-0.2, -0.15) is 4.31 Å². The van der Waals surface area contributed by atoms with E-state index in [1.54, 1.807) is 11.3 Å². The summed E-state index contributed by atoms with van der Waals surface area (Å²) in [7, 11) is -1.27. The lowest BCUT2D eigenvalue weighted by atomic mass is 10.0. The molecule has 1 aliphatic heterocycles. The maximum Gasteiger partial charge on any atom is 0.330 e. The highest BCUT2D eigenvalue weighted by Crippen LogP contribution is 2.37. The number of aromatic nitrogens is 2. The maximum atomic E-state index is 13.1. The number of aryl methyl sites for hydroxylation is 1. The molecule has 0 amide bonds. The molecule has 0 spiro atoms. The molecule has 7 nitrogen and oxygen atoms in total. The SMILES string of the molecule is CC[C@H]1c2ccsc2CCN1S(=O)(=O)c1cn(C)c(=O)n(C)c1=O. The number of rotatable bonds is 3. The van der Waals surface area contributed by atoms with Crippen molar-refractivity contribution in [2.45, 2.75) is 30.7 Å². The van der Waals surface area contributed by atoms with Crippen LogP contribution in [0.4, 0.5) is 0 Å². The highest BCUT2D eigenvalue weighted by Gasteiger charge is 2.37. The Hall–Kier alpha value is -1.71. The average Bonchev–Trinajstić information content (AvgIpc) is 3.03. The quantitative estimate of drug-likeness (QED) is 0.803. The van der Waals surface area contributed by atoms with E-state index in [9.17, 15) is 18.0 Å². The third kappa shape index (κ3) is 2.47. The van der Waals surface area contributed by atoms with E-state index >= 15 is 0 Å². The summed E-state index contributed by atoms with van der Waals surface area (Å²) >= 11 is 1.63. The molecular weight excluding hydrogens is 350 g/mol. The molecule has 24 heavy (non-hydrogen) atoms. The Labute approximate surface area is 143 Å². The van der Waals surface area contributed by atoms with Gasteiger partial charge < -0.3 is 4.57 Å². The standard InChI is InChI=1S/C15H19N3O4S2/c1-4-11-10-6-8-23-12(10)5-7-18(11)24(21,22)13-9-16(2)15(20)17(3)14(13)19/h6,8-9,11H,4-5,7H2,1-3H3/t11-/m0/s1. The van der Waals surface area contributed by atoms with Gasteiger partial charge in [-0.05, 0) is 29.9 Å². The van der Waals surface area contributed by atoms with Crippen LogP contribution in [0.1, 0.15) is 29.8 Å². The fraction of sp³-hybridized carbons (Fsp3) is 0.467. The number of sulfonamides is 1. The van der Waals surface area contributed by atoms with Gasteiger partial charge in [0.15, 0.2) is 4.90 Å². The van der Waals surface area contributed by atoms with Crippen LogP contribution in [-0.4, -0.2) is 28.4 Å². The van der Waals surface area contributed by atoms with Gasteiger partial charge in [-0.3, -0.25) is 9.36 Å². The molecule has 1 aliphatic rings. The number of hydrogen-bond donors (Lipinski definition) is 0. The summed E-state index contributed by atoms with van der Waals surface area (Å²) in [5.74, 6) is 0. The van der Waals surface area contributed by atoms with Crippen LogP contribution >= 0.6 is 11.3 Å². The van der Waals surface area contributed by atoms with Crippen molar-refractivity contribution in [3.05, 3.63) is 48.9 Å². The molecule has 9 heteroatoms. The summed E-state index contributed by atoms with van der Waals surface area (Å²) in [4.78, 5) is 25.0. The molecule has 3 rings (SSSR count). The smallest absolute Gasteiger partial charge is 0.302 e. The fourth-order valence-electron chi connectivity index (χ4n) is 3.16. The van der Waals surface area contributed by atoms with Crippen molar-refractivity contribution in [1.29, 1.82) is 0 Å². The van der Waals surface area contributed by atoms with Gasteiger partial charge in [0.05, 0.1) is 6.04 Å². The first-order valence-electron chi connectivity index (χ1n) is 7.63. The molecule has 0 radical (unpaired) electrons. The van der Waals surface area contributed by atoms with E-state index in [-0.39, 0.29) is 10.9 Å². The van der Waals surface area contributed by atoms with E-state index in [0.717, 1.165) is 20.9 Å². The molecule has 3 heterocycles. The Morgan fingerprint density at radius 2 is 2.00 bits per heavy atom. The first-order valence-corrected chi connectivity index (χ1v) is 9.95. The predicted octanol–water partition coefficient (Wildman–Crippen LogP) is 0.844. The van der Waals surface area contributed by atoms with Crippen LogP contribution in [0.15, 0.2) is 32.1 Å². The zero-order valence-corrected chi connectivity index (χ0v) is 15.4. The zero-order chi connectivity index (χ0) is 17.6. The monoisotopic (exact) mass is 369 g/mol. The van der Waals surface area contributed by atoms with E-state index in [1.807, 2.05) is 18.4 Å². The van der Waals surface area contributed by atoms with Crippen molar-refractivity contribution in [3.8, 4) is 0 Å². The normalized spacial score (nSPS) is 18.5. The molecule has 0 saturated heterocycles. The van der Waals surface area contributed by atoms with E-state index < -0.39 is 21.3 Å². The van der Waals surface area contributed by atoms with E-state index in [1.165, 1.54) is 23.3 Å². The van der Waals surface area contributed by atoms with Crippen LogP contribution in [0.5, 0.6) is 0 Å². The van der Waals surface area contributed by atoms with Gasteiger partial charge in [-0.25, -0.2) is 13.2 Å². The van der Waals surface area contributed by atoms with E-state index in [4.69, 9.17) is 0 Å². The molecule has 1 atom stereocenters. The maximum absolute atomic E-state index is 13.1. The summed E-state index contributed by atoms with van der Waals surface area (Å²) in [6, 6.07) is 1.67. The van der Waals surface area contributed by atoms with Crippen LogP contribution in [0.25, 0.3) is 0 Å². The molecular formula is C15H19N3O4S2. The average molecular weight is 369 g/mol. The Balaban J connectivity index is 2.16. The topological polar surface area (TPSA) is 81.4 Å². The predicted molar refractivity (Wildman–Crippen MR) is 91.9 cm³/mol. The van der Waals surface area contributed by atoms with Gasteiger partial charge in [0, 0.05) is 31.7 Å². The van der Waals surface area contributed by atoms with Crippen molar-refractivity contribution in [2.75, 3.05) is 6.54 Å². The lowest BCUT2D eigenvalue weighted by Gasteiger charge is -2.34. The first-order chi connectivity index (χ1) is 11.3.